The zero-order valence-electron chi connectivity index (χ0n) is 13.1. The third-order valence-electron chi connectivity index (χ3n) is 3.35. The van der Waals surface area contributed by atoms with Gasteiger partial charge in [0.15, 0.2) is 0 Å². The number of aliphatic carboxylic acids is 1. The molecule has 0 heterocycles. The smallest absolute Gasteiger partial charge is 0.304 e. The van der Waals surface area contributed by atoms with Crippen molar-refractivity contribution in [2.75, 3.05) is 59.9 Å². The molecule has 5 heteroatoms. The van der Waals surface area contributed by atoms with Crippen molar-refractivity contribution in [2.45, 2.75) is 26.7 Å². The number of hydrogen-bond donors (Lipinski definition) is 1. The number of rotatable bonds is 12. The summed E-state index contributed by atoms with van der Waals surface area (Å²) >= 11 is 0. The van der Waals surface area contributed by atoms with Gasteiger partial charge in [0.25, 0.3) is 0 Å². The summed E-state index contributed by atoms with van der Waals surface area (Å²) < 4.78 is 0. The minimum Gasteiger partial charge on any atom is -0.481 e. The summed E-state index contributed by atoms with van der Waals surface area (Å²) in [7, 11) is 4.09. The molecule has 114 valence electrons. The molecule has 0 fully saturated rings. The van der Waals surface area contributed by atoms with Crippen molar-refractivity contribution in [1.82, 2.24) is 14.7 Å². The van der Waals surface area contributed by atoms with Crippen molar-refractivity contribution in [3.05, 3.63) is 0 Å². The third-order valence-corrected chi connectivity index (χ3v) is 3.35. The number of carbonyl (C=O) groups is 1. The number of carboxylic acids is 1. The van der Waals surface area contributed by atoms with Crippen molar-refractivity contribution < 1.29 is 9.90 Å². The Morgan fingerprint density at radius 3 is 1.95 bits per heavy atom. The normalized spacial score (nSPS) is 11.7. The molecule has 0 atom stereocenters. The van der Waals surface area contributed by atoms with E-state index in [0.717, 1.165) is 45.7 Å². The summed E-state index contributed by atoms with van der Waals surface area (Å²) in [5.74, 6) is -0.710. The van der Waals surface area contributed by atoms with Gasteiger partial charge in [-0.25, -0.2) is 0 Å². The highest BCUT2D eigenvalue weighted by Crippen LogP contribution is 1.98. The van der Waals surface area contributed by atoms with E-state index < -0.39 is 5.97 Å². The summed E-state index contributed by atoms with van der Waals surface area (Å²) in [5.41, 5.74) is 0. The topological polar surface area (TPSA) is 47.0 Å². The summed E-state index contributed by atoms with van der Waals surface area (Å²) in [4.78, 5) is 17.5. The highest BCUT2D eigenvalue weighted by molar-refractivity contribution is 5.66. The van der Waals surface area contributed by atoms with Gasteiger partial charge in [0.05, 0.1) is 6.42 Å². The van der Waals surface area contributed by atoms with Gasteiger partial charge >= 0.3 is 5.97 Å². The molecular weight excluding hydrogens is 242 g/mol. The first-order valence-electron chi connectivity index (χ1n) is 7.30. The number of carboxylic acid groups (broad SMARTS) is 1. The zero-order chi connectivity index (χ0) is 14.7. The predicted molar refractivity (Wildman–Crippen MR) is 79.7 cm³/mol. The monoisotopic (exact) mass is 273 g/mol. The van der Waals surface area contributed by atoms with Crippen LogP contribution in [0.2, 0.25) is 0 Å². The van der Waals surface area contributed by atoms with Gasteiger partial charge in [-0.1, -0.05) is 13.8 Å². The molecule has 0 spiro atoms. The van der Waals surface area contributed by atoms with Crippen molar-refractivity contribution >= 4 is 5.97 Å². The number of likely N-dealkylation sites (N-methyl/N-ethyl adjacent to an activating group) is 1. The van der Waals surface area contributed by atoms with Gasteiger partial charge in [-0.2, -0.15) is 0 Å². The van der Waals surface area contributed by atoms with E-state index >= 15 is 0 Å². The standard InChI is InChI=1S/C14H31N3O2/c1-5-16(6-2)9-7-10-17(11-8-14(18)19)13-12-15(3)4/h5-13H2,1-4H3,(H,18,19). The van der Waals surface area contributed by atoms with Crippen molar-refractivity contribution in [3.8, 4) is 0 Å². The van der Waals surface area contributed by atoms with Gasteiger partial charge in [-0.3, -0.25) is 4.79 Å². The second-order valence-corrected chi connectivity index (χ2v) is 5.17. The van der Waals surface area contributed by atoms with Crippen LogP contribution in [-0.4, -0.2) is 85.7 Å². The van der Waals surface area contributed by atoms with Crippen LogP contribution in [-0.2, 0) is 4.79 Å². The van der Waals surface area contributed by atoms with Gasteiger partial charge in [0.2, 0.25) is 0 Å². The molecule has 0 aromatic heterocycles. The predicted octanol–water partition coefficient (Wildman–Crippen LogP) is 1.06. The molecule has 1 N–H and O–H groups in total. The molecule has 0 aliphatic carbocycles. The van der Waals surface area contributed by atoms with Gasteiger partial charge in [0.1, 0.15) is 0 Å². The van der Waals surface area contributed by atoms with E-state index in [1.54, 1.807) is 0 Å². The molecule has 5 nitrogen and oxygen atoms in total. The third kappa shape index (κ3) is 10.9. The van der Waals surface area contributed by atoms with Crippen LogP contribution in [0, 0.1) is 0 Å². The summed E-state index contributed by atoms with van der Waals surface area (Å²) in [6.07, 6.45) is 1.34. The molecule has 0 aliphatic heterocycles. The molecule has 0 bridgehead atoms. The summed E-state index contributed by atoms with van der Waals surface area (Å²) in [6.45, 7) is 11.2. The molecule has 0 aromatic carbocycles. The van der Waals surface area contributed by atoms with Gasteiger partial charge in [-0.15, -0.1) is 0 Å². The number of nitrogens with zero attached hydrogens (tertiary/aromatic N) is 3. The minimum absolute atomic E-state index is 0.235. The maximum Gasteiger partial charge on any atom is 0.304 e. The van der Waals surface area contributed by atoms with E-state index in [9.17, 15) is 4.79 Å². The Hall–Kier alpha value is -0.650. The van der Waals surface area contributed by atoms with Crippen molar-refractivity contribution in [2.24, 2.45) is 0 Å². The van der Waals surface area contributed by atoms with Gasteiger partial charge in [-0.05, 0) is 46.7 Å². The van der Waals surface area contributed by atoms with Crippen LogP contribution in [0.3, 0.4) is 0 Å². The maximum atomic E-state index is 10.7. The zero-order valence-corrected chi connectivity index (χ0v) is 13.1. The molecule has 0 saturated heterocycles. The van der Waals surface area contributed by atoms with Crippen LogP contribution in [0.4, 0.5) is 0 Å². The van der Waals surface area contributed by atoms with Crippen LogP contribution in [0.5, 0.6) is 0 Å². The van der Waals surface area contributed by atoms with Crippen LogP contribution < -0.4 is 0 Å². The summed E-state index contributed by atoms with van der Waals surface area (Å²) in [6, 6.07) is 0. The lowest BCUT2D eigenvalue weighted by atomic mass is 10.3. The average Bonchev–Trinajstić information content (AvgIpc) is 2.36. The quantitative estimate of drug-likeness (QED) is 0.576. The second kappa shape index (κ2) is 11.2. The molecular formula is C14H31N3O2. The first-order valence-corrected chi connectivity index (χ1v) is 7.30. The van der Waals surface area contributed by atoms with Crippen LogP contribution in [0.1, 0.15) is 26.7 Å². The molecule has 0 aliphatic rings. The van der Waals surface area contributed by atoms with Crippen molar-refractivity contribution in [1.29, 1.82) is 0 Å². The Kier molecular flexibility index (Phi) is 10.8. The minimum atomic E-state index is -0.710. The molecule has 0 radical (unpaired) electrons. The Labute approximate surface area is 118 Å². The lowest BCUT2D eigenvalue weighted by Crippen LogP contribution is -2.35. The Morgan fingerprint density at radius 1 is 0.895 bits per heavy atom. The fraction of sp³-hybridized carbons (Fsp3) is 0.929. The van der Waals surface area contributed by atoms with Gasteiger partial charge < -0.3 is 19.8 Å². The lowest BCUT2D eigenvalue weighted by molar-refractivity contribution is -0.137. The summed E-state index contributed by atoms with van der Waals surface area (Å²) in [5, 5.41) is 8.78. The van der Waals surface area contributed by atoms with Crippen molar-refractivity contribution in [3.63, 3.8) is 0 Å². The Balaban J connectivity index is 3.98. The largest absolute Gasteiger partial charge is 0.481 e. The molecule has 0 amide bonds. The Bertz CT molecular complexity index is 231. The molecule has 0 aromatic rings. The first kappa shape index (κ1) is 18.4. The highest BCUT2D eigenvalue weighted by Gasteiger charge is 2.08. The SMILES string of the molecule is CCN(CC)CCCN(CCC(=O)O)CCN(C)C. The first-order chi connectivity index (χ1) is 8.99. The molecule has 0 unspecified atom stereocenters. The van der Waals surface area contributed by atoms with Crippen LogP contribution in [0.25, 0.3) is 0 Å². The van der Waals surface area contributed by atoms with E-state index in [0.29, 0.717) is 6.54 Å². The highest BCUT2D eigenvalue weighted by atomic mass is 16.4. The Morgan fingerprint density at radius 2 is 1.47 bits per heavy atom. The van der Waals surface area contributed by atoms with E-state index in [-0.39, 0.29) is 6.42 Å². The van der Waals surface area contributed by atoms with Crippen LogP contribution >= 0.6 is 0 Å². The average molecular weight is 273 g/mol. The maximum absolute atomic E-state index is 10.7. The fourth-order valence-electron chi connectivity index (χ4n) is 1.99. The van der Waals surface area contributed by atoms with E-state index in [1.165, 1.54) is 0 Å². The number of hydrogen-bond acceptors (Lipinski definition) is 4. The van der Waals surface area contributed by atoms with E-state index in [2.05, 4.69) is 28.5 Å². The second-order valence-electron chi connectivity index (χ2n) is 5.17. The molecule has 0 saturated carbocycles. The van der Waals surface area contributed by atoms with Gasteiger partial charge in [0, 0.05) is 19.6 Å². The van der Waals surface area contributed by atoms with Crippen LogP contribution in [0.15, 0.2) is 0 Å². The fourth-order valence-corrected chi connectivity index (χ4v) is 1.99. The van der Waals surface area contributed by atoms with E-state index in [4.69, 9.17) is 5.11 Å². The van der Waals surface area contributed by atoms with E-state index in [1.807, 2.05) is 14.1 Å². The molecule has 0 rings (SSSR count). The lowest BCUT2D eigenvalue weighted by Gasteiger charge is -2.25. The molecule has 19 heavy (non-hydrogen) atoms.